The van der Waals surface area contributed by atoms with Gasteiger partial charge in [-0.15, -0.1) is 11.6 Å². The third-order valence-electron chi connectivity index (χ3n) is 5.66. The van der Waals surface area contributed by atoms with E-state index in [4.69, 9.17) is 16.3 Å². The summed E-state index contributed by atoms with van der Waals surface area (Å²) in [5.41, 5.74) is 1.51. The lowest BCUT2D eigenvalue weighted by Gasteiger charge is -2.24. The van der Waals surface area contributed by atoms with Crippen LogP contribution in [-0.4, -0.2) is 30.0 Å². The molecule has 0 bridgehead atoms. The molecule has 0 radical (unpaired) electrons. The molecule has 0 aromatic heterocycles. The van der Waals surface area contributed by atoms with Gasteiger partial charge in [0, 0.05) is 36.6 Å². The van der Waals surface area contributed by atoms with E-state index >= 15 is 0 Å². The molecule has 1 unspecified atom stereocenters. The molecule has 0 fully saturated rings. The standard InChI is InChI=1S/C29H25ClN4O5/c30-27(21-7-3-1-4-8-21)28(35)31-19-20-33(29(36)32-22-11-13-24(14-12-22)34(37)38)23-15-17-26(18-16-23)39-25-9-5-2-6-10-25/h1-18,27H,19-20H2,(H,31,35)(H,32,36). The molecular weight excluding hydrogens is 520 g/mol. The van der Waals surface area contributed by atoms with E-state index in [1.54, 1.807) is 48.5 Å². The molecule has 0 aliphatic heterocycles. The van der Waals surface area contributed by atoms with Gasteiger partial charge >= 0.3 is 6.03 Å². The number of rotatable bonds is 10. The molecule has 9 nitrogen and oxygen atoms in total. The Morgan fingerprint density at radius 2 is 1.44 bits per heavy atom. The van der Waals surface area contributed by atoms with E-state index in [0.29, 0.717) is 28.4 Å². The number of halogens is 1. The predicted octanol–water partition coefficient (Wildman–Crippen LogP) is 6.52. The van der Waals surface area contributed by atoms with Gasteiger partial charge in [0.2, 0.25) is 5.91 Å². The molecule has 198 valence electrons. The first kappa shape index (κ1) is 27.2. The fourth-order valence-corrected chi connectivity index (χ4v) is 3.90. The quantitative estimate of drug-likeness (QED) is 0.134. The Bertz CT molecular complexity index is 1400. The molecule has 0 saturated carbocycles. The first-order valence-electron chi connectivity index (χ1n) is 12.0. The van der Waals surface area contributed by atoms with Crippen molar-refractivity contribution in [3.05, 3.63) is 125 Å². The topological polar surface area (TPSA) is 114 Å². The zero-order valence-corrected chi connectivity index (χ0v) is 21.5. The number of alkyl halides is 1. The van der Waals surface area contributed by atoms with Gasteiger partial charge in [-0.25, -0.2) is 4.79 Å². The summed E-state index contributed by atoms with van der Waals surface area (Å²) in [5.74, 6) is 0.877. The van der Waals surface area contributed by atoms with Crippen LogP contribution in [0.4, 0.5) is 21.9 Å². The third kappa shape index (κ3) is 7.56. The van der Waals surface area contributed by atoms with E-state index in [1.807, 2.05) is 36.4 Å². The Labute approximate surface area is 230 Å². The molecule has 0 aliphatic rings. The van der Waals surface area contributed by atoms with E-state index in [0.717, 1.165) is 0 Å². The smallest absolute Gasteiger partial charge is 0.326 e. The van der Waals surface area contributed by atoms with Crippen molar-refractivity contribution in [2.75, 3.05) is 23.3 Å². The van der Waals surface area contributed by atoms with Crippen LogP contribution < -0.4 is 20.3 Å². The van der Waals surface area contributed by atoms with Crippen LogP contribution in [0.15, 0.2) is 109 Å². The Kier molecular flexibility index (Phi) is 9.10. The van der Waals surface area contributed by atoms with Gasteiger partial charge in [0.25, 0.3) is 5.69 Å². The van der Waals surface area contributed by atoms with Gasteiger partial charge in [-0.05, 0) is 54.1 Å². The average Bonchev–Trinajstić information content (AvgIpc) is 2.96. The fourth-order valence-electron chi connectivity index (χ4n) is 3.68. The number of carbonyl (C=O) groups excluding carboxylic acids is 2. The molecular formula is C29H25ClN4O5. The predicted molar refractivity (Wildman–Crippen MR) is 150 cm³/mol. The van der Waals surface area contributed by atoms with Crippen molar-refractivity contribution in [2.24, 2.45) is 0 Å². The summed E-state index contributed by atoms with van der Waals surface area (Å²) in [6, 6.07) is 30.2. The Morgan fingerprint density at radius 1 is 0.846 bits per heavy atom. The van der Waals surface area contributed by atoms with Crippen molar-refractivity contribution in [3.8, 4) is 11.5 Å². The monoisotopic (exact) mass is 544 g/mol. The minimum absolute atomic E-state index is 0.0874. The number of para-hydroxylation sites is 1. The molecule has 1 atom stereocenters. The maximum absolute atomic E-state index is 13.2. The van der Waals surface area contributed by atoms with Gasteiger partial charge < -0.3 is 15.4 Å². The van der Waals surface area contributed by atoms with Gasteiger partial charge in [-0.1, -0.05) is 48.5 Å². The second-order valence-electron chi connectivity index (χ2n) is 8.36. The van der Waals surface area contributed by atoms with Crippen LogP contribution >= 0.6 is 11.6 Å². The van der Waals surface area contributed by atoms with E-state index in [9.17, 15) is 19.7 Å². The largest absolute Gasteiger partial charge is 0.457 e. The summed E-state index contributed by atoms with van der Waals surface area (Å²) in [6.07, 6.45) is 0. The summed E-state index contributed by atoms with van der Waals surface area (Å²) in [7, 11) is 0. The second-order valence-corrected chi connectivity index (χ2v) is 8.80. The molecule has 0 aliphatic carbocycles. The number of carbonyl (C=O) groups is 2. The Hall–Kier alpha value is -4.89. The number of anilines is 2. The van der Waals surface area contributed by atoms with Gasteiger partial charge in [-0.2, -0.15) is 0 Å². The number of nitrogens with zero attached hydrogens (tertiary/aromatic N) is 2. The SMILES string of the molecule is O=C(NCCN(C(=O)Nc1ccc([N+](=O)[O-])cc1)c1ccc(Oc2ccccc2)cc1)C(Cl)c1ccccc1. The average molecular weight is 545 g/mol. The van der Waals surface area contributed by atoms with Gasteiger partial charge in [0.05, 0.1) is 4.92 Å². The van der Waals surface area contributed by atoms with Crippen LogP contribution in [0.25, 0.3) is 0 Å². The number of nitro benzene ring substituents is 1. The van der Waals surface area contributed by atoms with Crippen molar-refractivity contribution in [1.82, 2.24) is 5.32 Å². The number of amides is 3. The molecule has 39 heavy (non-hydrogen) atoms. The zero-order valence-electron chi connectivity index (χ0n) is 20.7. The van der Waals surface area contributed by atoms with Crippen molar-refractivity contribution in [2.45, 2.75) is 5.38 Å². The summed E-state index contributed by atoms with van der Waals surface area (Å²) in [5, 5.41) is 15.6. The van der Waals surface area contributed by atoms with Gasteiger partial charge in [0.1, 0.15) is 16.9 Å². The first-order chi connectivity index (χ1) is 18.9. The number of benzene rings is 4. The number of hydrogen-bond acceptors (Lipinski definition) is 5. The van der Waals surface area contributed by atoms with Crippen molar-refractivity contribution in [1.29, 1.82) is 0 Å². The van der Waals surface area contributed by atoms with E-state index < -0.39 is 16.3 Å². The molecule has 0 heterocycles. The summed E-state index contributed by atoms with van der Waals surface area (Å²) in [4.78, 5) is 37.7. The molecule has 3 amide bonds. The normalized spacial score (nSPS) is 11.2. The lowest BCUT2D eigenvalue weighted by Crippen LogP contribution is -2.41. The minimum Gasteiger partial charge on any atom is -0.457 e. The lowest BCUT2D eigenvalue weighted by atomic mass is 10.1. The Balaban J connectivity index is 1.46. The summed E-state index contributed by atoms with van der Waals surface area (Å²) >= 11 is 6.31. The van der Waals surface area contributed by atoms with E-state index in [1.165, 1.54) is 29.2 Å². The van der Waals surface area contributed by atoms with Crippen LogP contribution in [0.5, 0.6) is 11.5 Å². The first-order valence-corrected chi connectivity index (χ1v) is 12.5. The van der Waals surface area contributed by atoms with Crippen LogP contribution in [0.3, 0.4) is 0 Å². The zero-order chi connectivity index (χ0) is 27.6. The highest BCUT2D eigenvalue weighted by Gasteiger charge is 2.20. The van der Waals surface area contributed by atoms with E-state index in [2.05, 4.69) is 10.6 Å². The highest BCUT2D eigenvalue weighted by molar-refractivity contribution is 6.30. The van der Waals surface area contributed by atoms with Crippen LogP contribution in [0, 0.1) is 10.1 Å². The molecule has 2 N–H and O–H groups in total. The fraction of sp³-hybridized carbons (Fsp3) is 0.103. The summed E-state index contributed by atoms with van der Waals surface area (Å²) < 4.78 is 5.83. The minimum atomic E-state index is -0.872. The van der Waals surface area contributed by atoms with E-state index in [-0.39, 0.29) is 24.7 Å². The number of nitro groups is 1. The second kappa shape index (κ2) is 13.1. The summed E-state index contributed by atoms with van der Waals surface area (Å²) in [6.45, 7) is 0.257. The molecule has 4 aromatic carbocycles. The highest BCUT2D eigenvalue weighted by atomic mass is 35.5. The molecule has 4 rings (SSSR count). The van der Waals surface area contributed by atoms with Crippen molar-refractivity contribution < 1.29 is 19.2 Å². The highest BCUT2D eigenvalue weighted by Crippen LogP contribution is 2.25. The number of hydrogen-bond donors (Lipinski definition) is 2. The van der Waals surface area contributed by atoms with Crippen molar-refractivity contribution >= 4 is 40.6 Å². The maximum atomic E-state index is 13.2. The van der Waals surface area contributed by atoms with Gasteiger partial charge in [0.15, 0.2) is 0 Å². The van der Waals surface area contributed by atoms with Crippen molar-refractivity contribution in [3.63, 3.8) is 0 Å². The molecule has 0 spiro atoms. The Morgan fingerprint density at radius 3 is 2.05 bits per heavy atom. The van der Waals surface area contributed by atoms with Crippen LogP contribution in [0.1, 0.15) is 10.9 Å². The van der Waals surface area contributed by atoms with Crippen LogP contribution in [-0.2, 0) is 4.79 Å². The van der Waals surface area contributed by atoms with Crippen LogP contribution in [0.2, 0.25) is 0 Å². The molecule has 10 heteroatoms. The number of non-ortho nitro benzene ring substituents is 1. The maximum Gasteiger partial charge on any atom is 0.326 e. The van der Waals surface area contributed by atoms with Gasteiger partial charge in [-0.3, -0.25) is 19.8 Å². The lowest BCUT2D eigenvalue weighted by molar-refractivity contribution is -0.384. The number of nitrogens with one attached hydrogen (secondary N) is 2. The molecule has 0 saturated heterocycles. The molecule has 4 aromatic rings. The third-order valence-corrected chi connectivity index (χ3v) is 6.11. The number of ether oxygens (including phenoxy) is 1. The number of urea groups is 1.